The second kappa shape index (κ2) is 6.38. The van der Waals surface area contributed by atoms with Crippen LogP contribution in [0.25, 0.3) is 0 Å². The first kappa shape index (κ1) is 15.0. The van der Waals surface area contributed by atoms with Gasteiger partial charge in [-0.05, 0) is 13.0 Å². The van der Waals surface area contributed by atoms with Gasteiger partial charge in [-0.3, -0.25) is 4.68 Å². The predicted molar refractivity (Wildman–Crippen MR) is 72.8 cm³/mol. The number of nitrogen functional groups attached to an aromatic ring is 1. The second-order valence-corrected chi connectivity index (χ2v) is 4.52. The Balaban J connectivity index is 2.11. The van der Waals surface area contributed by atoms with E-state index in [1.165, 1.54) is 0 Å². The fourth-order valence-corrected chi connectivity index (χ4v) is 1.88. The molecule has 0 aliphatic heterocycles. The van der Waals surface area contributed by atoms with Crippen molar-refractivity contribution in [2.75, 3.05) is 11.1 Å². The molecule has 5 nitrogen and oxygen atoms in total. The predicted octanol–water partition coefficient (Wildman–Crippen LogP) is 2.71. The van der Waals surface area contributed by atoms with E-state index >= 15 is 0 Å². The summed E-state index contributed by atoms with van der Waals surface area (Å²) in [7, 11) is 0. The van der Waals surface area contributed by atoms with Crippen molar-refractivity contribution in [1.29, 1.82) is 0 Å². The van der Waals surface area contributed by atoms with Crippen LogP contribution >= 0.6 is 0 Å². The number of benzene rings is 1. The van der Waals surface area contributed by atoms with E-state index < -0.39 is 18.2 Å². The van der Waals surface area contributed by atoms with Gasteiger partial charge >= 0.3 is 6.61 Å². The van der Waals surface area contributed by atoms with E-state index in [0.29, 0.717) is 12.2 Å². The summed E-state index contributed by atoms with van der Waals surface area (Å²) >= 11 is 0. The number of halogens is 3. The zero-order valence-corrected chi connectivity index (χ0v) is 11.3. The molecule has 0 amide bonds. The third-order valence-electron chi connectivity index (χ3n) is 2.74. The maximum atomic E-state index is 13.5. The molecule has 0 spiro atoms. The summed E-state index contributed by atoms with van der Waals surface area (Å²) in [4.78, 5) is 0. The van der Waals surface area contributed by atoms with Gasteiger partial charge in [0.05, 0.1) is 17.9 Å². The van der Waals surface area contributed by atoms with Crippen molar-refractivity contribution >= 4 is 11.4 Å². The summed E-state index contributed by atoms with van der Waals surface area (Å²) in [5, 5.41) is 7.06. The molecule has 0 aliphatic carbocycles. The Morgan fingerprint density at radius 1 is 1.43 bits per heavy atom. The zero-order valence-electron chi connectivity index (χ0n) is 11.3. The highest BCUT2D eigenvalue weighted by Crippen LogP contribution is 2.29. The largest absolute Gasteiger partial charge is 0.432 e. The first-order valence-electron chi connectivity index (χ1n) is 6.23. The lowest BCUT2D eigenvalue weighted by molar-refractivity contribution is -0.0521. The zero-order chi connectivity index (χ0) is 15.4. The third-order valence-corrected chi connectivity index (χ3v) is 2.74. The molecule has 1 aromatic heterocycles. The Labute approximate surface area is 119 Å². The lowest BCUT2D eigenvalue weighted by atomic mass is 10.2. The Morgan fingerprint density at radius 3 is 2.81 bits per heavy atom. The average Bonchev–Trinajstić information content (AvgIpc) is 2.87. The summed E-state index contributed by atoms with van der Waals surface area (Å²) in [6.07, 6.45) is 3.44. The molecule has 0 saturated heterocycles. The number of hydrogen-bond acceptors (Lipinski definition) is 4. The first-order chi connectivity index (χ1) is 9.95. The summed E-state index contributed by atoms with van der Waals surface area (Å²) in [5.74, 6) is -1.48. The van der Waals surface area contributed by atoms with Crippen LogP contribution in [-0.2, 0) is 6.54 Å². The van der Waals surface area contributed by atoms with Crippen LogP contribution in [0.15, 0.2) is 30.6 Å². The molecule has 8 heteroatoms. The Morgan fingerprint density at radius 2 is 2.19 bits per heavy atom. The van der Waals surface area contributed by atoms with E-state index in [-0.39, 0.29) is 11.7 Å². The van der Waals surface area contributed by atoms with E-state index in [4.69, 9.17) is 5.73 Å². The number of nitrogens with zero attached hydrogens (tertiary/aromatic N) is 2. The molecule has 1 aromatic carbocycles. The van der Waals surface area contributed by atoms with E-state index in [2.05, 4.69) is 15.2 Å². The van der Waals surface area contributed by atoms with Crippen LogP contribution in [0.4, 0.5) is 24.5 Å². The molecule has 0 saturated carbocycles. The van der Waals surface area contributed by atoms with Crippen LogP contribution < -0.4 is 15.8 Å². The fourth-order valence-electron chi connectivity index (χ4n) is 1.88. The highest BCUT2D eigenvalue weighted by atomic mass is 19.3. The molecule has 0 aliphatic rings. The molecule has 0 fully saturated rings. The molecule has 3 N–H and O–H groups in total. The molecule has 2 rings (SSSR count). The molecule has 114 valence electrons. The van der Waals surface area contributed by atoms with E-state index in [1.54, 1.807) is 23.1 Å². The summed E-state index contributed by atoms with van der Waals surface area (Å²) < 4.78 is 43.7. The number of alkyl halides is 2. The molecular formula is C13H15F3N4O. The maximum Gasteiger partial charge on any atom is 0.387 e. The van der Waals surface area contributed by atoms with Gasteiger partial charge in [-0.15, -0.1) is 0 Å². The number of nitrogens with two attached hydrogens (primary N) is 1. The van der Waals surface area contributed by atoms with Gasteiger partial charge in [-0.2, -0.15) is 13.9 Å². The molecule has 1 heterocycles. The quantitative estimate of drug-likeness (QED) is 0.805. The summed E-state index contributed by atoms with van der Waals surface area (Å²) in [5.41, 5.74) is 6.11. The first-order valence-corrected chi connectivity index (χ1v) is 6.23. The maximum absolute atomic E-state index is 13.5. The minimum Gasteiger partial charge on any atom is -0.432 e. The lowest BCUT2D eigenvalue weighted by Gasteiger charge is -2.18. The van der Waals surface area contributed by atoms with Crippen molar-refractivity contribution in [3.63, 3.8) is 0 Å². The van der Waals surface area contributed by atoms with Crippen LogP contribution in [0.5, 0.6) is 5.75 Å². The van der Waals surface area contributed by atoms with Gasteiger partial charge in [0, 0.05) is 30.6 Å². The number of hydrogen-bond donors (Lipinski definition) is 2. The van der Waals surface area contributed by atoms with E-state index in [0.717, 1.165) is 12.1 Å². The number of rotatable bonds is 6. The highest BCUT2D eigenvalue weighted by Gasteiger charge is 2.14. The molecule has 0 bridgehead atoms. The van der Waals surface area contributed by atoms with Crippen LogP contribution in [0, 0.1) is 5.82 Å². The number of ether oxygens (including phenoxy) is 1. The van der Waals surface area contributed by atoms with Gasteiger partial charge in [-0.1, -0.05) is 0 Å². The second-order valence-electron chi connectivity index (χ2n) is 4.52. The van der Waals surface area contributed by atoms with Gasteiger partial charge in [0.25, 0.3) is 0 Å². The SMILES string of the molecule is CC(Cn1cccn1)Nc1cc(OC(F)F)c(F)cc1N. The smallest absolute Gasteiger partial charge is 0.387 e. The molecule has 1 unspecified atom stereocenters. The van der Waals surface area contributed by atoms with E-state index in [1.807, 2.05) is 6.92 Å². The van der Waals surface area contributed by atoms with Crippen LogP contribution in [0.1, 0.15) is 6.92 Å². The average molecular weight is 300 g/mol. The van der Waals surface area contributed by atoms with Crippen molar-refractivity contribution in [3.8, 4) is 5.75 Å². The van der Waals surface area contributed by atoms with Crippen molar-refractivity contribution < 1.29 is 17.9 Å². The van der Waals surface area contributed by atoms with Crippen molar-refractivity contribution in [2.45, 2.75) is 26.1 Å². The topological polar surface area (TPSA) is 65.1 Å². The standard InChI is InChI=1S/C13H15F3N4O/c1-8(7-20-4-2-3-18-20)19-11-6-12(21-13(15)16)9(14)5-10(11)17/h2-6,8,13,19H,7,17H2,1H3. The minimum absolute atomic E-state index is 0.0999. The normalized spacial score (nSPS) is 12.4. The summed E-state index contributed by atoms with van der Waals surface area (Å²) in [6.45, 7) is -0.704. The Kier molecular flexibility index (Phi) is 4.56. The number of nitrogens with one attached hydrogen (secondary N) is 1. The fraction of sp³-hybridized carbons (Fsp3) is 0.308. The lowest BCUT2D eigenvalue weighted by Crippen LogP contribution is -2.23. The van der Waals surface area contributed by atoms with Crippen LogP contribution in [0.2, 0.25) is 0 Å². The molecule has 1 atom stereocenters. The number of anilines is 2. The van der Waals surface area contributed by atoms with Gasteiger partial charge in [0.2, 0.25) is 0 Å². The van der Waals surface area contributed by atoms with Crippen LogP contribution in [-0.4, -0.2) is 22.4 Å². The summed E-state index contributed by atoms with van der Waals surface area (Å²) in [6, 6.07) is 3.75. The van der Waals surface area contributed by atoms with Gasteiger partial charge in [0.15, 0.2) is 11.6 Å². The minimum atomic E-state index is -3.10. The van der Waals surface area contributed by atoms with Crippen molar-refractivity contribution in [3.05, 3.63) is 36.4 Å². The van der Waals surface area contributed by atoms with Crippen molar-refractivity contribution in [2.24, 2.45) is 0 Å². The van der Waals surface area contributed by atoms with Gasteiger partial charge in [0.1, 0.15) is 0 Å². The van der Waals surface area contributed by atoms with Gasteiger partial charge < -0.3 is 15.8 Å². The van der Waals surface area contributed by atoms with Crippen LogP contribution in [0.3, 0.4) is 0 Å². The van der Waals surface area contributed by atoms with E-state index in [9.17, 15) is 13.2 Å². The molecule has 0 radical (unpaired) electrons. The Hall–Kier alpha value is -2.38. The van der Waals surface area contributed by atoms with Gasteiger partial charge in [-0.25, -0.2) is 4.39 Å². The molecular weight excluding hydrogens is 285 g/mol. The Bertz CT molecular complexity index is 589. The monoisotopic (exact) mass is 300 g/mol. The number of aromatic nitrogens is 2. The molecule has 21 heavy (non-hydrogen) atoms. The van der Waals surface area contributed by atoms with Crippen molar-refractivity contribution in [1.82, 2.24) is 9.78 Å². The highest BCUT2D eigenvalue weighted by molar-refractivity contribution is 5.68. The molecule has 2 aromatic rings. The third kappa shape index (κ3) is 4.04.